The van der Waals surface area contributed by atoms with Gasteiger partial charge in [0.15, 0.2) is 0 Å². The van der Waals surface area contributed by atoms with Gasteiger partial charge < -0.3 is 10.4 Å². The third-order valence-corrected chi connectivity index (χ3v) is 3.23. The lowest BCUT2D eigenvalue weighted by molar-refractivity contribution is 0.281. The van der Waals surface area contributed by atoms with Gasteiger partial charge in [0, 0.05) is 12.1 Å². The van der Waals surface area contributed by atoms with Crippen molar-refractivity contribution >= 4 is 0 Å². The van der Waals surface area contributed by atoms with Crippen LogP contribution < -0.4 is 5.32 Å². The van der Waals surface area contributed by atoms with Crippen molar-refractivity contribution in [2.24, 2.45) is 0 Å². The zero-order chi connectivity index (χ0) is 8.84. The van der Waals surface area contributed by atoms with Crippen molar-refractivity contribution in [3.63, 3.8) is 0 Å². The molecule has 2 bridgehead atoms. The summed E-state index contributed by atoms with van der Waals surface area (Å²) in [4.78, 5) is 0. The lowest BCUT2D eigenvalue weighted by Crippen LogP contribution is -2.05. The minimum Gasteiger partial charge on any atom is -0.392 e. The van der Waals surface area contributed by atoms with Crippen LogP contribution >= 0.6 is 0 Å². The minimum absolute atomic E-state index is 0.157. The SMILES string of the molecule is OCc1ccc2c(c1)C1CCC2N1. The molecule has 2 aliphatic heterocycles. The molecule has 2 N–H and O–H groups in total. The van der Waals surface area contributed by atoms with Crippen LogP contribution in [-0.2, 0) is 6.61 Å². The molecule has 1 aromatic carbocycles. The van der Waals surface area contributed by atoms with Crippen molar-refractivity contribution in [2.45, 2.75) is 31.5 Å². The quantitative estimate of drug-likeness (QED) is 0.680. The Kier molecular flexibility index (Phi) is 1.49. The zero-order valence-corrected chi connectivity index (χ0v) is 7.46. The Balaban J connectivity index is 2.11. The van der Waals surface area contributed by atoms with Gasteiger partial charge in [0.2, 0.25) is 0 Å². The first-order valence-electron chi connectivity index (χ1n) is 4.88. The number of aliphatic hydroxyl groups excluding tert-OH is 1. The van der Waals surface area contributed by atoms with Gasteiger partial charge in [-0.3, -0.25) is 0 Å². The molecule has 1 fully saturated rings. The monoisotopic (exact) mass is 175 g/mol. The third kappa shape index (κ3) is 0.960. The molecule has 68 valence electrons. The van der Waals surface area contributed by atoms with Crippen LogP contribution in [0.25, 0.3) is 0 Å². The highest BCUT2D eigenvalue weighted by Crippen LogP contribution is 2.44. The molecule has 0 amide bonds. The van der Waals surface area contributed by atoms with E-state index >= 15 is 0 Å². The maximum Gasteiger partial charge on any atom is 0.0681 e. The van der Waals surface area contributed by atoms with E-state index in [1.807, 2.05) is 6.07 Å². The Morgan fingerprint density at radius 2 is 2.00 bits per heavy atom. The van der Waals surface area contributed by atoms with E-state index in [1.54, 1.807) is 0 Å². The summed E-state index contributed by atoms with van der Waals surface area (Å²) in [6, 6.07) is 7.49. The Bertz CT molecular complexity index is 348. The van der Waals surface area contributed by atoms with E-state index in [0.29, 0.717) is 12.1 Å². The van der Waals surface area contributed by atoms with Crippen molar-refractivity contribution in [1.82, 2.24) is 5.32 Å². The van der Waals surface area contributed by atoms with E-state index in [0.717, 1.165) is 5.56 Å². The Morgan fingerprint density at radius 3 is 2.77 bits per heavy atom. The first-order chi connectivity index (χ1) is 6.38. The lowest BCUT2D eigenvalue weighted by Gasteiger charge is -2.13. The van der Waals surface area contributed by atoms with Crippen LogP contribution in [0.15, 0.2) is 18.2 Å². The molecule has 1 aromatic rings. The Labute approximate surface area is 77.6 Å². The fourth-order valence-electron chi connectivity index (χ4n) is 2.58. The fraction of sp³-hybridized carbons (Fsp3) is 0.455. The maximum absolute atomic E-state index is 9.02. The largest absolute Gasteiger partial charge is 0.392 e. The van der Waals surface area contributed by atoms with Gasteiger partial charge in [0.25, 0.3) is 0 Å². The summed E-state index contributed by atoms with van der Waals surface area (Å²) in [6.45, 7) is 0.157. The number of aliphatic hydroxyl groups is 1. The molecule has 0 spiro atoms. The molecule has 0 aromatic heterocycles. The molecule has 2 unspecified atom stereocenters. The molecule has 13 heavy (non-hydrogen) atoms. The van der Waals surface area contributed by atoms with Crippen LogP contribution in [-0.4, -0.2) is 5.11 Å². The number of benzene rings is 1. The van der Waals surface area contributed by atoms with Crippen LogP contribution in [0.1, 0.15) is 41.6 Å². The standard InChI is InChI=1S/C11H13NO/c13-6-7-1-2-8-9(5-7)11-4-3-10(8)12-11/h1-2,5,10-13H,3-4,6H2. The average Bonchev–Trinajstić information content (AvgIpc) is 2.77. The topological polar surface area (TPSA) is 32.3 Å². The van der Waals surface area contributed by atoms with Crippen molar-refractivity contribution in [1.29, 1.82) is 0 Å². The van der Waals surface area contributed by atoms with E-state index in [4.69, 9.17) is 5.11 Å². The van der Waals surface area contributed by atoms with E-state index < -0.39 is 0 Å². The molecule has 0 radical (unpaired) electrons. The second kappa shape index (κ2) is 2.56. The molecule has 2 heterocycles. The van der Waals surface area contributed by atoms with E-state index in [2.05, 4.69) is 17.4 Å². The second-order valence-corrected chi connectivity index (χ2v) is 3.97. The summed E-state index contributed by atoms with van der Waals surface area (Å²) < 4.78 is 0. The molecule has 2 nitrogen and oxygen atoms in total. The molecule has 0 saturated carbocycles. The molecule has 2 aliphatic rings. The van der Waals surface area contributed by atoms with Crippen molar-refractivity contribution in [3.05, 3.63) is 34.9 Å². The molecular weight excluding hydrogens is 162 g/mol. The van der Waals surface area contributed by atoms with Crippen LogP contribution in [0, 0.1) is 0 Å². The summed E-state index contributed by atoms with van der Waals surface area (Å²) in [5.74, 6) is 0. The molecule has 1 saturated heterocycles. The van der Waals surface area contributed by atoms with Gasteiger partial charge in [-0.25, -0.2) is 0 Å². The van der Waals surface area contributed by atoms with Gasteiger partial charge in [0.1, 0.15) is 0 Å². The van der Waals surface area contributed by atoms with Gasteiger partial charge in [-0.15, -0.1) is 0 Å². The number of hydrogen-bond donors (Lipinski definition) is 2. The minimum atomic E-state index is 0.157. The summed E-state index contributed by atoms with van der Waals surface area (Å²) in [5.41, 5.74) is 3.91. The van der Waals surface area contributed by atoms with E-state index in [9.17, 15) is 0 Å². The summed E-state index contributed by atoms with van der Waals surface area (Å²) in [6.07, 6.45) is 2.53. The predicted molar refractivity (Wildman–Crippen MR) is 50.2 cm³/mol. The summed E-state index contributed by atoms with van der Waals surface area (Å²) >= 11 is 0. The van der Waals surface area contributed by atoms with Gasteiger partial charge >= 0.3 is 0 Å². The van der Waals surface area contributed by atoms with Crippen molar-refractivity contribution in [3.8, 4) is 0 Å². The smallest absolute Gasteiger partial charge is 0.0681 e. The maximum atomic E-state index is 9.02. The second-order valence-electron chi connectivity index (χ2n) is 3.97. The summed E-state index contributed by atoms with van der Waals surface area (Å²) in [5, 5.41) is 12.6. The van der Waals surface area contributed by atoms with Gasteiger partial charge in [0.05, 0.1) is 6.61 Å². The predicted octanol–water partition coefficient (Wildman–Crippen LogP) is 1.66. The molecule has 3 rings (SSSR count). The molecular formula is C11H13NO. The number of fused-ring (bicyclic) bond motifs is 5. The zero-order valence-electron chi connectivity index (χ0n) is 7.46. The molecule has 0 aliphatic carbocycles. The number of hydrogen-bond acceptors (Lipinski definition) is 2. The van der Waals surface area contributed by atoms with Crippen LogP contribution in [0.4, 0.5) is 0 Å². The number of nitrogens with one attached hydrogen (secondary N) is 1. The van der Waals surface area contributed by atoms with E-state index in [-0.39, 0.29) is 6.61 Å². The first kappa shape index (κ1) is 7.54. The average molecular weight is 175 g/mol. The first-order valence-corrected chi connectivity index (χ1v) is 4.88. The highest BCUT2D eigenvalue weighted by Gasteiger charge is 2.35. The lowest BCUT2D eigenvalue weighted by atomic mass is 9.90. The molecule has 2 heteroatoms. The van der Waals surface area contributed by atoms with Crippen LogP contribution in [0.2, 0.25) is 0 Å². The van der Waals surface area contributed by atoms with Crippen LogP contribution in [0.3, 0.4) is 0 Å². The summed E-state index contributed by atoms with van der Waals surface area (Å²) in [7, 11) is 0. The van der Waals surface area contributed by atoms with Gasteiger partial charge in [-0.05, 0) is 29.5 Å². The number of rotatable bonds is 1. The highest BCUT2D eigenvalue weighted by atomic mass is 16.3. The fourth-order valence-corrected chi connectivity index (χ4v) is 2.58. The van der Waals surface area contributed by atoms with E-state index in [1.165, 1.54) is 24.0 Å². The third-order valence-electron chi connectivity index (χ3n) is 3.23. The van der Waals surface area contributed by atoms with Crippen molar-refractivity contribution < 1.29 is 5.11 Å². The Hall–Kier alpha value is -0.860. The molecule has 2 atom stereocenters. The van der Waals surface area contributed by atoms with Crippen LogP contribution in [0.5, 0.6) is 0 Å². The van der Waals surface area contributed by atoms with Gasteiger partial charge in [-0.2, -0.15) is 0 Å². The highest BCUT2D eigenvalue weighted by molar-refractivity contribution is 5.42. The Morgan fingerprint density at radius 1 is 1.23 bits per heavy atom. The van der Waals surface area contributed by atoms with Crippen molar-refractivity contribution in [2.75, 3.05) is 0 Å². The van der Waals surface area contributed by atoms with Gasteiger partial charge in [-0.1, -0.05) is 18.2 Å². The normalized spacial score (nSPS) is 29.3.